The Morgan fingerprint density at radius 2 is 2.00 bits per heavy atom. The van der Waals surface area contributed by atoms with Crippen LogP contribution < -0.4 is 26.0 Å². The number of carbonyl (C=O) groups excluding carboxylic acids is 2. The average molecular weight is 547 g/mol. The Morgan fingerprint density at radius 3 is 2.73 bits per heavy atom. The monoisotopic (exact) mass is 546 g/mol. The lowest BCUT2D eigenvalue weighted by Gasteiger charge is -2.21. The predicted molar refractivity (Wildman–Crippen MR) is 152 cm³/mol. The van der Waals surface area contributed by atoms with Gasteiger partial charge in [-0.2, -0.15) is 9.97 Å². The number of nitrogens with zero attached hydrogens (tertiary/aromatic N) is 4. The van der Waals surface area contributed by atoms with Crippen LogP contribution in [0.2, 0.25) is 0 Å². The number of amides is 2. The van der Waals surface area contributed by atoms with Crippen molar-refractivity contribution in [1.82, 2.24) is 19.9 Å². The minimum Gasteiger partial charge on any atom is -0.492 e. The number of halogens is 1. The highest BCUT2D eigenvalue weighted by Gasteiger charge is 2.27. The van der Waals surface area contributed by atoms with E-state index in [1.54, 1.807) is 29.3 Å². The van der Waals surface area contributed by atoms with Gasteiger partial charge in [-0.15, -0.1) is 0 Å². The van der Waals surface area contributed by atoms with Crippen LogP contribution in [0.25, 0.3) is 11.0 Å². The molecule has 2 amide bonds. The quantitative estimate of drug-likeness (QED) is 0.235. The van der Waals surface area contributed by atoms with Gasteiger partial charge in [0, 0.05) is 18.4 Å². The number of carbonyl (C=O) groups is 2. The molecule has 2 aromatic heterocycles. The van der Waals surface area contributed by atoms with Crippen LogP contribution in [-0.4, -0.2) is 65.5 Å². The number of fused-ring (bicyclic) bond motifs is 2. The zero-order chi connectivity index (χ0) is 28.4. The van der Waals surface area contributed by atoms with Crippen molar-refractivity contribution in [1.29, 1.82) is 0 Å². The Bertz CT molecular complexity index is 1590. The topological polar surface area (TPSA) is 142 Å². The summed E-state index contributed by atoms with van der Waals surface area (Å²) in [5.74, 6) is 0.495. The second kappa shape index (κ2) is 11.2. The highest BCUT2D eigenvalue weighted by molar-refractivity contribution is 6.02. The first-order valence-electron chi connectivity index (χ1n) is 12.9. The average Bonchev–Trinajstić information content (AvgIpc) is 3.55. The molecule has 0 atom stereocenters. The summed E-state index contributed by atoms with van der Waals surface area (Å²) in [6.45, 7) is 2.40. The molecule has 0 saturated carbocycles. The molecule has 5 N–H and O–H groups in total. The SMILES string of the molecule is CCOc1cc2c(cc1Nc1nc(Nc3cccc(CF)c3C(N)=O)c3cc[nH]c3n1)N(C(=O)CN(C)C)CC2. The second-order valence-electron chi connectivity index (χ2n) is 9.67. The fourth-order valence-corrected chi connectivity index (χ4v) is 4.85. The zero-order valence-electron chi connectivity index (χ0n) is 22.5. The largest absolute Gasteiger partial charge is 0.492 e. The van der Waals surface area contributed by atoms with Gasteiger partial charge in [-0.05, 0) is 62.8 Å². The maximum Gasteiger partial charge on any atom is 0.251 e. The van der Waals surface area contributed by atoms with E-state index in [0.29, 0.717) is 53.7 Å². The fraction of sp³-hybridized carbons (Fsp3) is 0.286. The number of primary amides is 1. The predicted octanol–water partition coefficient (Wildman–Crippen LogP) is 3.86. The Kier molecular flexibility index (Phi) is 7.52. The van der Waals surface area contributed by atoms with Crippen LogP contribution in [0, 0.1) is 0 Å². The van der Waals surface area contributed by atoms with Crippen LogP contribution in [0.15, 0.2) is 42.6 Å². The molecule has 208 valence electrons. The molecule has 1 aliphatic heterocycles. The van der Waals surface area contributed by atoms with Gasteiger partial charge in [0.1, 0.15) is 23.9 Å². The third-order valence-electron chi connectivity index (χ3n) is 6.59. The van der Waals surface area contributed by atoms with Crippen LogP contribution in [0.1, 0.15) is 28.4 Å². The summed E-state index contributed by atoms with van der Waals surface area (Å²) >= 11 is 0. The highest BCUT2D eigenvalue weighted by atomic mass is 19.1. The second-order valence-corrected chi connectivity index (χ2v) is 9.67. The number of hydrogen-bond donors (Lipinski definition) is 4. The van der Waals surface area contributed by atoms with Gasteiger partial charge in [0.25, 0.3) is 5.91 Å². The van der Waals surface area contributed by atoms with Crippen LogP contribution in [-0.2, 0) is 17.9 Å². The van der Waals surface area contributed by atoms with E-state index in [-0.39, 0.29) is 23.0 Å². The van der Waals surface area contributed by atoms with Gasteiger partial charge in [-0.3, -0.25) is 9.59 Å². The molecule has 5 rings (SSSR count). The zero-order valence-corrected chi connectivity index (χ0v) is 22.5. The number of aromatic amines is 1. The van der Waals surface area contributed by atoms with Gasteiger partial charge in [0.05, 0.1) is 35.5 Å². The number of nitrogens with one attached hydrogen (secondary N) is 3. The number of hydrogen-bond acceptors (Lipinski definition) is 8. The van der Waals surface area contributed by atoms with Crippen molar-refractivity contribution < 1.29 is 18.7 Å². The van der Waals surface area contributed by atoms with Crippen molar-refractivity contribution in [3.8, 4) is 5.75 Å². The number of aromatic nitrogens is 3. The van der Waals surface area contributed by atoms with E-state index in [0.717, 1.165) is 17.7 Å². The lowest BCUT2D eigenvalue weighted by molar-refractivity contribution is -0.119. The summed E-state index contributed by atoms with van der Waals surface area (Å²) in [7, 11) is 3.72. The van der Waals surface area contributed by atoms with E-state index >= 15 is 0 Å². The summed E-state index contributed by atoms with van der Waals surface area (Å²) in [4.78, 5) is 41.0. The van der Waals surface area contributed by atoms with Crippen LogP contribution in [0.3, 0.4) is 0 Å². The molecule has 0 radical (unpaired) electrons. The first-order valence-corrected chi connectivity index (χ1v) is 12.9. The Morgan fingerprint density at radius 1 is 1.18 bits per heavy atom. The molecule has 40 heavy (non-hydrogen) atoms. The number of ether oxygens (including phenoxy) is 1. The Hall–Kier alpha value is -4.71. The molecule has 11 nitrogen and oxygen atoms in total. The van der Waals surface area contributed by atoms with E-state index < -0.39 is 12.6 Å². The number of rotatable bonds is 10. The molecule has 0 saturated heterocycles. The molecule has 4 aromatic rings. The molecule has 3 heterocycles. The van der Waals surface area contributed by atoms with E-state index in [2.05, 4.69) is 25.6 Å². The summed E-state index contributed by atoms with van der Waals surface area (Å²) in [6, 6.07) is 10.4. The van der Waals surface area contributed by atoms with Gasteiger partial charge in [-0.25, -0.2) is 4.39 Å². The van der Waals surface area contributed by atoms with Crippen molar-refractivity contribution in [3.63, 3.8) is 0 Å². The molecule has 0 aliphatic carbocycles. The van der Waals surface area contributed by atoms with Crippen LogP contribution in [0.5, 0.6) is 5.75 Å². The van der Waals surface area contributed by atoms with E-state index in [1.165, 1.54) is 6.07 Å². The van der Waals surface area contributed by atoms with Gasteiger partial charge in [0.15, 0.2) is 0 Å². The molecule has 0 bridgehead atoms. The Labute approximate surface area is 230 Å². The lowest BCUT2D eigenvalue weighted by Crippen LogP contribution is -2.36. The summed E-state index contributed by atoms with van der Waals surface area (Å²) < 4.78 is 19.5. The standard InChI is InChI=1S/C28H31FN8O3/c1-4-40-22-12-16-9-11-37(23(38)15-36(2)3)21(16)13-20(22)33-28-34-26-18(8-10-31-26)27(35-28)32-19-7-5-6-17(14-29)24(19)25(30)39/h5-8,10,12-13H,4,9,11,14-15H2,1-3H3,(H2,30,39)(H3,31,32,33,34,35). The maximum absolute atomic E-state index is 13.6. The first-order chi connectivity index (χ1) is 19.3. The van der Waals surface area contributed by atoms with Gasteiger partial charge in [0.2, 0.25) is 11.9 Å². The molecule has 2 aromatic carbocycles. The van der Waals surface area contributed by atoms with Gasteiger partial charge >= 0.3 is 0 Å². The van der Waals surface area contributed by atoms with Crippen molar-refractivity contribution in [2.75, 3.05) is 49.3 Å². The maximum atomic E-state index is 13.6. The molecule has 1 aliphatic rings. The molecule has 0 spiro atoms. The number of anilines is 5. The molecule has 0 fully saturated rings. The minimum atomic E-state index is -0.837. The minimum absolute atomic E-state index is 0.00941. The van der Waals surface area contributed by atoms with Crippen LogP contribution in [0.4, 0.5) is 33.2 Å². The summed E-state index contributed by atoms with van der Waals surface area (Å²) in [5, 5.41) is 7.04. The lowest BCUT2D eigenvalue weighted by atomic mass is 10.1. The molecular weight excluding hydrogens is 515 g/mol. The molecule has 12 heteroatoms. The number of benzene rings is 2. The summed E-state index contributed by atoms with van der Waals surface area (Å²) in [5.41, 5.74) is 9.11. The number of nitrogens with two attached hydrogens (primary N) is 1. The first kappa shape index (κ1) is 26.9. The number of alkyl halides is 1. The molecule has 0 unspecified atom stereocenters. The van der Waals surface area contributed by atoms with Crippen molar-refractivity contribution in [2.24, 2.45) is 5.73 Å². The third kappa shape index (κ3) is 5.25. The van der Waals surface area contributed by atoms with E-state index in [4.69, 9.17) is 10.5 Å². The normalized spacial score (nSPS) is 12.6. The van der Waals surface area contributed by atoms with Crippen molar-refractivity contribution in [3.05, 3.63) is 59.3 Å². The fourth-order valence-electron chi connectivity index (χ4n) is 4.85. The number of H-pyrrole nitrogens is 1. The van der Waals surface area contributed by atoms with Crippen molar-refractivity contribution >= 4 is 51.7 Å². The van der Waals surface area contributed by atoms with Gasteiger partial charge in [-0.1, -0.05) is 12.1 Å². The van der Waals surface area contributed by atoms with Gasteiger partial charge < -0.3 is 35.9 Å². The summed E-state index contributed by atoms with van der Waals surface area (Å²) in [6.07, 6.45) is 2.45. The molecular formula is C28H31FN8O3. The highest BCUT2D eigenvalue weighted by Crippen LogP contribution is 2.39. The van der Waals surface area contributed by atoms with E-state index in [9.17, 15) is 14.0 Å². The smallest absolute Gasteiger partial charge is 0.251 e. The van der Waals surface area contributed by atoms with Crippen molar-refractivity contribution in [2.45, 2.75) is 20.0 Å². The van der Waals surface area contributed by atoms with E-state index in [1.807, 2.05) is 38.1 Å². The van der Waals surface area contributed by atoms with Crippen LogP contribution >= 0.6 is 0 Å². The third-order valence-corrected chi connectivity index (χ3v) is 6.59. The Balaban J connectivity index is 1.53. The number of likely N-dealkylation sites (N-methyl/N-ethyl adjacent to an activating group) is 1.